The number of aliphatic imine (C=N–C) groups is 1. The van der Waals surface area contributed by atoms with E-state index in [2.05, 4.69) is 15.6 Å². The van der Waals surface area contributed by atoms with Crippen LogP contribution in [0, 0.1) is 0 Å². The molecular formula is C13H20IN3O3. The van der Waals surface area contributed by atoms with Crippen LogP contribution in [-0.2, 0) is 11.3 Å². The summed E-state index contributed by atoms with van der Waals surface area (Å²) < 4.78 is 15.6. The Morgan fingerprint density at radius 2 is 2.10 bits per heavy atom. The third-order valence-corrected chi connectivity index (χ3v) is 2.72. The molecule has 2 N–H and O–H groups in total. The van der Waals surface area contributed by atoms with Crippen LogP contribution < -0.4 is 20.1 Å². The van der Waals surface area contributed by atoms with E-state index >= 15 is 0 Å². The summed E-state index contributed by atoms with van der Waals surface area (Å²) in [5, 5.41) is 6.37. The van der Waals surface area contributed by atoms with Gasteiger partial charge < -0.3 is 24.8 Å². The Kier molecular flexibility index (Phi) is 7.45. The van der Waals surface area contributed by atoms with Gasteiger partial charge in [0.2, 0.25) is 6.79 Å². The van der Waals surface area contributed by atoms with Crippen LogP contribution in [0.4, 0.5) is 0 Å². The smallest absolute Gasteiger partial charge is 0.231 e. The van der Waals surface area contributed by atoms with Gasteiger partial charge in [0.15, 0.2) is 17.5 Å². The van der Waals surface area contributed by atoms with Crippen molar-refractivity contribution in [3.8, 4) is 11.5 Å². The van der Waals surface area contributed by atoms with Crippen LogP contribution in [0.1, 0.15) is 5.56 Å². The summed E-state index contributed by atoms with van der Waals surface area (Å²) in [4.78, 5) is 4.13. The van der Waals surface area contributed by atoms with E-state index in [9.17, 15) is 0 Å². The maximum absolute atomic E-state index is 5.34. The van der Waals surface area contributed by atoms with Crippen LogP contribution in [0.15, 0.2) is 23.2 Å². The topological polar surface area (TPSA) is 64.1 Å². The monoisotopic (exact) mass is 393 g/mol. The zero-order valence-electron chi connectivity index (χ0n) is 11.6. The van der Waals surface area contributed by atoms with Crippen LogP contribution in [0.2, 0.25) is 0 Å². The molecule has 1 aromatic carbocycles. The fourth-order valence-corrected chi connectivity index (χ4v) is 1.73. The van der Waals surface area contributed by atoms with Crippen LogP contribution >= 0.6 is 24.0 Å². The summed E-state index contributed by atoms with van der Waals surface area (Å²) in [6.07, 6.45) is 0. The van der Waals surface area contributed by atoms with Crippen molar-refractivity contribution in [3.05, 3.63) is 23.8 Å². The number of hydrogen-bond donors (Lipinski definition) is 2. The highest BCUT2D eigenvalue weighted by atomic mass is 127. The van der Waals surface area contributed by atoms with Crippen molar-refractivity contribution in [1.29, 1.82) is 0 Å². The van der Waals surface area contributed by atoms with E-state index in [1.54, 1.807) is 14.2 Å². The quantitative estimate of drug-likeness (QED) is 0.342. The lowest BCUT2D eigenvalue weighted by molar-refractivity contribution is 0.174. The lowest BCUT2D eigenvalue weighted by Crippen LogP contribution is -2.38. The molecule has 0 saturated carbocycles. The number of rotatable bonds is 5. The summed E-state index contributed by atoms with van der Waals surface area (Å²) in [7, 11) is 3.41. The molecule has 0 fully saturated rings. The third-order valence-electron chi connectivity index (χ3n) is 2.72. The zero-order valence-corrected chi connectivity index (χ0v) is 14.0. The molecular weight excluding hydrogens is 373 g/mol. The number of hydrogen-bond acceptors (Lipinski definition) is 4. The average Bonchev–Trinajstić information content (AvgIpc) is 2.90. The molecule has 0 amide bonds. The largest absolute Gasteiger partial charge is 0.454 e. The standard InChI is InChI=1S/C13H19N3O3.HI/c1-14-13(15-5-6-17-2)16-8-10-3-4-11-12(7-10)19-9-18-11;/h3-4,7H,5-6,8-9H2,1-2H3,(H2,14,15,16);1H. The van der Waals surface area contributed by atoms with Crippen LogP contribution in [0.3, 0.4) is 0 Å². The summed E-state index contributed by atoms with van der Waals surface area (Å²) in [5.41, 5.74) is 1.11. The molecule has 0 bridgehead atoms. The first kappa shape index (κ1) is 16.8. The number of benzene rings is 1. The van der Waals surface area contributed by atoms with Gasteiger partial charge in [-0.15, -0.1) is 24.0 Å². The molecule has 2 rings (SSSR count). The second-order valence-corrected chi connectivity index (χ2v) is 4.03. The fourth-order valence-electron chi connectivity index (χ4n) is 1.73. The number of nitrogens with zero attached hydrogens (tertiary/aromatic N) is 1. The molecule has 1 aromatic rings. The number of halogens is 1. The first-order chi connectivity index (χ1) is 9.33. The molecule has 1 heterocycles. The molecule has 7 heteroatoms. The number of methoxy groups -OCH3 is 1. The van der Waals surface area contributed by atoms with Gasteiger partial charge in [-0.3, -0.25) is 4.99 Å². The molecule has 0 aromatic heterocycles. The van der Waals surface area contributed by atoms with E-state index in [0.717, 1.165) is 29.6 Å². The Balaban J connectivity index is 0.00000200. The molecule has 1 aliphatic rings. The van der Waals surface area contributed by atoms with Crippen LogP contribution in [0.5, 0.6) is 11.5 Å². The van der Waals surface area contributed by atoms with Crippen molar-refractivity contribution < 1.29 is 14.2 Å². The van der Waals surface area contributed by atoms with Gasteiger partial charge in [-0.05, 0) is 17.7 Å². The van der Waals surface area contributed by atoms with E-state index in [0.29, 0.717) is 19.9 Å². The normalized spacial score (nSPS) is 12.8. The molecule has 6 nitrogen and oxygen atoms in total. The first-order valence-electron chi connectivity index (χ1n) is 6.15. The van der Waals surface area contributed by atoms with E-state index in [1.165, 1.54) is 0 Å². The number of fused-ring (bicyclic) bond motifs is 1. The Labute approximate surface area is 135 Å². The SMILES string of the molecule is CN=C(NCCOC)NCc1ccc2c(c1)OCO2.I. The highest BCUT2D eigenvalue weighted by Gasteiger charge is 2.12. The van der Waals surface area contributed by atoms with Crippen LogP contribution in [0.25, 0.3) is 0 Å². The van der Waals surface area contributed by atoms with Crippen molar-refractivity contribution in [2.45, 2.75) is 6.54 Å². The molecule has 0 aliphatic carbocycles. The van der Waals surface area contributed by atoms with Gasteiger partial charge in [0.1, 0.15) is 0 Å². The van der Waals surface area contributed by atoms with E-state index in [1.807, 2.05) is 18.2 Å². The minimum atomic E-state index is 0. The molecule has 0 spiro atoms. The zero-order chi connectivity index (χ0) is 13.5. The molecule has 0 saturated heterocycles. The lowest BCUT2D eigenvalue weighted by Gasteiger charge is -2.11. The van der Waals surface area contributed by atoms with E-state index in [4.69, 9.17) is 14.2 Å². The molecule has 1 aliphatic heterocycles. The lowest BCUT2D eigenvalue weighted by atomic mass is 10.2. The third kappa shape index (κ3) is 4.71. The van der Waals surface area contributed by atoms with Gasteiger partial charge >= 0.3 is 0 Å². The van der Waals surface area contributed by atoms with Crippen molar-refractivity contribution in [1.82, 2.24) is 10.6 Å². The summed E-state index contributed by atoms with van der Waals surface area (Å²) >= 11 is 0. The predicted molar refractivity (Wildman–Crippen MR) is 88.1 cm³/mol. The molecule has 0 radical (unpaired) electrons. The van der Waals surface area contributed by atoms with Gasteiger partial charge in [-0.1, -0.05) is 6.07 Å². The Morgan fingerprint density at radius 1 is 1.30 bits per heavy atom. The van der Waals surface area contributed by atoms with Gasteiger partial charge in [0, 0.05) is 27.2 Å². The highest BCUT2D eigenvalue weighted by Crippen LogP contribution is 2.32. The van der Waals surface area contributed by atoms with Crippen LogP contribution in [-0.4, -0.2) is 40.1 Å². The molecule has 112 valence electrons. The summed E-state index contributed by atoms with van der Waals surface area (Å²) in [5.74, 6) is 2.34. The van der Waals surface area contributed by atoms with Gasteiger partial charge in [0.25, 0.3) is 0 Å². The minimum absolute atomic E-state index is 0. The van der Waals surface area contributed by atoms with Gasteiger partial charge in [0.05, 0.1) is 6.61 Å². The summed E-state index contributed by atoms with van der Waals surface area (Å²) in [6, 6.07) is 5.89. The Bertz CT molecular complexity index is 454. The Hall–Kier alpha value is -1.22. The average molecular weight is 393 g/mol. The fraction of sp³-hybridized carbons (Fsp3) is 0.462. The van der Waals surface area contributed by atoms with Gasteiger partial charge in [-0.2, -0.15) is 0 Å². The number of guanidine groups is 1. The minimum Gasteiger partial charge on any atom is -0.454 e. The molecule has 20 heavy (non-hydrogen) atoms. The maximum Gasteiger partial charge on any atom is 0.231 e. The maximum atomic E-state index is 5.34. The van der Waals surface area contributed by atoms with Gasteiger partial charge in [-0.25, -0.2) is 0 Å². The van der Waals surface area contributed by atoms with E-state index < -0.39 is 0 Å². The van der Waals surface area contributed by atoms with Crippen molar-refractivity contribution in [2.75, 3.05) is 34.1 Å². The van der Waals surface area contributed by atoms with Crippen molar-refractivity contribution >= 4 is 29.9 Å². The van der Waals surface area contributed by atoms with E-state index in [-0.39, 0.29) is 24.0 Å². The predicted octanol–water partition coefficient (Wildman–Crippen LogP) is 1.34. The molecule has 0 unspecified atom stereocenters. The second kappa shape index (κ2) is 8.85. The Morgan fingerprint density at radius 3 is 2.85 bits per heavy atom. The first-order valence-corrected chi connectivity index (χ1v) is 6.15. The molecule has 0 atom stereocenters. The van der Waals surface area contributed by atoms with Crippen molar-refractivity contribution in [2.24, 2.45) is 4.99 Å². The number of ether oxygens (including phenoxy) is 3. The number of nitrogens with one attached hydrogen (secondary N) is 2. The second-order valence-electron chi connectivity index (χ2n) is 4.03. The highest BCUT2D eigenvalue weighted by molar-refractivity contribution is 14.0. The van der Waals surface area contributed by atoms with Crippen molar-refractivity contribution in [3.63, 3.8) is 0 Å². The summed E-state index contributed by atoms with van der Waals surface area (Å²) in [6.45, 7) is 2.33.